The standard InChI is InChI=1S/C59H106O14/c1-3-5-7-9-11-13-15-17-19-21-23-25-27-29-31-33-35-37-39-41-43-68-45-48(71-51(61)42-40-38-36-34-32-30-28-26-24-22-20-18-16-14-12-10-8-6-4-2)46-69-58-57(67)55(65)53(63)50(73-58)47-70-59-56(66)54(64)52(62)49(44-60)72-59/h12,14,17-20,24,26,48-50,52-60,62-67H,3-11,13,15-16,21-23,25,27-47H2,1-2H3/b14-12-,19-17-,20-18-,26-24-. The van der Waals surface area contributed by atoms with Gasteiger partial charge in [-0.1, -0.05) is 184 Å². The van der Waals surface area contributed by atoms with Gasteiger partial charge in [0.05, 0.1) is 26.4 Å². The minimum absolute atomic E-state index is 0.0551. The Labute approximate surface area is 442 Å². The molecule has 0 amide bonds. The van der Waals surface area contributed by atoms with Crippen molar-refractivity contribution in [3.05, 3.63) is 48.6 Å². The van der Waals surface area contributed by atoms with Crippen LogP contribution < -0.4 is 0 Å². The Bertz CT molecular complexity index is 1390. The summed E-state index contributed by atoms with van der Waals surface area (Å²) in [6, 6.07) is 0. The van der Waals surface area contributed by atoms with Gasteiger partial charge in [-0.15, -0.1) is 0 Å². The average molecular weight is 1040 g/mol. The molecule has 0 saturated carbocycles. The van der Waals surface area contributed by atoms with E-state index in [0.717, 1.165) is 70.6 Å². The summed E-state index contributed by atoms with van der Waals surface area (Å²) in [6.07, 6.45) is 38.8. The first-order valence-electron chi connectivity index (χ1n) is 29.2. The van der Waals surface area contributed by atoms with E-state index < -0.39 is 80.7 Å². The van der Waals surface area contributed by atoms with Crippen LogP contribution in [0.2, 0.25) is 0 Å². The van der Waals surface area contributed by atoms with Crippen molar-refractivity contribution in [2.75, 3.05) is 33.0 Å². The van der Waals surface area contributed by atoms with E-state index >= 15 is 0 Å². The monoisotopic (exact) mass is 1040 g/mol. The molecule has 2 rings (SSSR count). The van der Waals surface area contributed by atoms with E-state index in [-0.39, 0.29) is 25.6 Å². The fraction of sp³-hybridized carbons (Fsp3) is 0.847. The number of aliphatic hydroxyl groups excluding tert-OH is 7. The maximum Gasteiger partial charge on any atom is 0.306 e. The number of hydrogen-bond acceptors (Lipinski definition) is 14. The SMILES string of the molecule is CCCCC/C=C\C/C=C\C/C=C\CCCCCCCCC(=O)OC(COCCCCCCCCCCCC/C=C\CCCCCCCC)COC1OC(COC2OC(CO)C(O)C(O)C2O)C(O)C(O)C1O. The number of carbonyl (C=O) groups excluding carboxylic acids is 1. The molecule has 2 saturated heterocycles. The molecule has 14 nitrogen and oxygen atoms in total. The second-order valence-electron chi connectivity index (χ2n) is 20.5. The third-order valence-electron chi connectivity index (χ3n) is 13.8. The lowest BCUT2D eigenvalue weighted by Crippen LogP contribution is -2.61. The lowest BCUT2D eigenvalue weighted by atomic mass is 9.98. The molecule has 73 heavy (non-hydrogen) atoms. The number of esters is 1. The predicted octanol–water partition coefficient (Wildman–Crippen LogP) is 10.3. The highest BCUT2D eigenvalue weighted by molar-refractivity contribution is 5.69. The molecule has 2 aliphatic rings. The molecule has 0 aromatic rings. The minimum atomic E-state index is -1.71. The molecule has 2 fully saturated rings. The Morgan fingerprint density at radius 3 is 1.37 bits per heavy atom. The Morgan fingerprint density at radius 2 is 0.849 bits per heavy atom. The van der Waals surface area contributed by atoms with Gasteiger partial charge in [0.15, 0.2) is 12.6 Å². The second-order valence-corrected chi connectivity index (χ2v) is 20.5. The van der Waals surface area contributed by atoms with Crippen LogP contribution >= 0.6 is 0 Å². The number of allylic oxidation sites excluding steroid dienone is 8. The molecule has 11 atom stereocenters. The summed E-state index contributed by atoms with van der Waals surface area (Å²) >= 11 is 0. The summed E-state index contributed by atoms with van der Waals surface area (Å²) in [4.78, 5) is 13.1. The van der Waals surface area contributed by atoms with Gasteiger partial charge in [0.25, 0.3) is 0 Å². The molecule has 11 unspecified atom stereocenters. The first kappa shape index (κ1) is 67.1. The molecule has 0 aliphatic carbocycles. The fourth-order valence-corrected chi connectivity index (χ4v) is 9.05. The van der Waals surface area contributed by atoms with Gasteiger partial charge in [-0.05, 0) is 77.0 Å². The average Bonchev–Trinajstić information content (AvgIpc) is 3.39. The van der Waals surface area contributed by atoms with E-state index in [1.54, 1.807) is 0 Å². The van der Waals surface area contributed by atoms with Crippen molar-refractivity contribution in [2.24, 2.45) is 0 Å². The van der Waals surface area contributed by atoms with E-state index in [1.807, 2.05) is 0 Å². The summed E-state index contributed by atoms with van der Waals surface area (Å²) in [7, 11) is 0. The molecule has 7 N–H and O–H groups in total. The van der Waals surface area contributed by atoms with Crippen LogP contribution in [0.15, 0.2) is 48.6 Å². The molecular formula is C59H106O14. The lowest BCUT2D eigenvalue weighted by Gasteiger charge is -2.42. The van der Waals surface area contributed by atoms with Crippen LogP contribution in [0.3, 0.4) is 0 Å². The quantitative estimate of drug-likeness (QED) is 0.0172. The maximum atomic E-state index is 13.1. The summed E-state index contributed by atoms with van der Waals surface area (Å²) in [5.41, 5.74) is 0. The van der Waals surface area contributed by atoms with Crippen molar-refractivity contribution in [2.45, 2.75) is 287 Å². The number of hydrogen-bond donors (Lipinski definition) is 7. The van der Waals surface area contributed by atoms with Crippen molar-refractivity contribution >= 4 is 5.97 Å². The first-order valence-corrected chi connectivity index (χ1v) is 29.2. The number of unbranched alkanes of at least 4 members (excludes halogenated alkanes) is 25. The largest absolute Gasteiger partial charge is 0.457 e. The van der Waals surface area contributed by atoms with Crippen molar-refractivity contribution < 1.29 is 69.0 Å². The fourth-order valence-electron chi connectivity index (χ4n) is 9.05. The molecular weight excluding hydrogens is 933 g/mol. The van der Waals surface area contributed by atoms with Crippen molar-refractivity contribution in [1.29, 1.82) is 0 Å². The molecule has 0 bridgehead atoms. The normalized spacial score (nSPS) is 25.3. The number of ether oxygens (including phenoxy) is 6. The van der Waals surface area contributed by atoms with Gasteiger partial charge >= 0.3 is 5.97 Å². The highest BCUT2D eigenvalue weighted by atomic mass is 16.7. The van der Waals surface area contributed by atoms with E-state index in [9.17, 15) is 40.5 Å². The molecule has 0 aromatic carbocycles. The van der Waals surface area contributed by atoms with Gasteiger partial charge < -0.3 is 64.2 Å². The number of carbonyl (C=O) groups is 1. The van der Waals surface area contributed by atoms with Crippen LogP contribution in [-0.4, -0.2) is 142 Å². The van der Waals surface area contributed by atoms with Crippen molar-refractivity contribution in [1.82, 2.24) is 0 Å². The summed E-state index contributed by atoms with van der Waals surface area (Å²) < 4.78 is 34.4. The number of rotatable bonds is 47. The first-order chi connectivity index (χ1) is 35.6. The zero-order chi connectivity index (χ0) is 53.0. The molecule has 0 spiro atoms. The van der Waals surface area contributed by atoms with E-state index in [4.69, 9.17) is 28.4 Å². The van der Waals surface area contributed by atoms with Crippen molar-refractivity contribution in [3.63, 3.8) is 0 Å². The third kappa shape index (κ3) is 33.0. The summed E-state index contributed by atoms with van der Waals surface area (Å²) in [6.45, 7) is 3.66. The lowest BCUT2D eigenvalue weighted by molar-refractivity contribution is -0.332. The Kier molecular flexibility index (Phi) is 42.3. The van der Waals surface area contributed by atoms with Crippen LogP contribution in [0.5, 0.6) is 0 Å². The van der Waals surface area contributed by atoms with Crippen LogP contribution in [-0.2, 0) is 33.2 Å². The minimum Gasteiger partial charge on any atom is -0.457 e. The predicted molar refractivity (Wildman–Crippen MR) is 289 cm³/mol. The van der Waals surface area contributed by atoms with Gasteiger partial charge in [-0.3, -0.25) is 4.79 Å². The van der Waals surface area contributed by atoms with Crippen LogP contribution in [0.25, 0.3) is 0 Å². The Hall–Kier alpha value is -2.05. The van der Waals surface area contributed by atoms with Gasteiger partial charge in [0, 0.05) is 13.0 Å². The topological polar surface area (TPSA) is 214 Å². The van der Waals surface area contributed by atoms with E-state index in [0.29, 0.717) is 13.0 Å². The van der Waals surface area contributed by atoms with Crippen molar-refractivity contribution in [3.8, 4) is 0 Å². The highest BCUT2D eigenvalue weighted by Gasteiger charge is 2.47. The van der Waals surface area contributed by atoms with E-state index in [2.05, 4.69) is 62.5 Å². The third-order valence-corrected chi connectivity index (χ3v) is 13.8. The van der Waals surface area contributed by atoms with Crippen LogP contribution in [0.1, 0.15) is 219 Å². The maximum absolute atomic E-state index is 13.1. The molecule has 426 valence electrons. The molecule has 0 aromatic heterocycles. The highest BCUT2D eigenvalue weighted by Crippen LogP contribution is 2.27. The molecule has 14 heteroatoms. The smallest absolute Gasteiger partial charge is 0.306 e. The van der Waals surface area contributed by atoms with Gasteiger partial charge in [-0.25, -0.2) is 0 Å². The van der Waals surface area contributed by atoms with Gasteiger partial charge in [-0.2, -0.15) is 0 Å². The Balaban J connectivity index is 1.73. The molecule has 2 heterocycles. The molecule has 2 aliphatic heterocycles. The van der Waals surface area contributed by atoms with Crippen LogP contribution in [0.4, 0.5) is 0 Å². The zero-order valence-corrected chi connectivity index (χ0v) is 45.6. The zero-order valence-electron chi connectivity index (χ0n) is 45.6. The Morgan fingerprint density at radius 1 is 0.452 bits per heavy atom. The van der Waals surface area contributed by atoms with E-state index in [1.165, 1.54) is 122 Å². The summed E-state index contributed by atoms with van der Waals surface area (Å²) in [5.74, 6) is -0.388. The molecule has 0 radical (unpaired) electrons. The second kappa shape index (κ2) is 46.1. The van der Waals surface area contributed by atoms with Gasteiger partial charge in [0.2, 0.25) is 0 Å². The van der Waals surface area contributed by atoms with Crippen LogP contribution in [0, 0.1) is 0 Å². The summed E-state index contributed by atoms with van der Waals surface area (Å²) in [5, 5.41) is 72.3. The van der Waals surface area contributed by atoms with Gasteiger partial charge in [0.1, 0.15) is 54.9 Å². The number of aliphatic hydroxyl groups is 7.